The fraction of sp³-hybridized carbons (Fsp3) is 0.647. The number of piperidine rings is 1. The molecule has 130 valence electrons. The topological polar surface area (TPSA) is 71.6 Å². The molecule has 1 saturated heterocycles. The molecule has 2 fully saturated rings. The lowest BCUT2D eigenvalue weighted by molar-refractivity contribution is -0.210. The highest BCUT2D eigenvalue weighted by atomic mass is 32.1. The van der Waals surface area contributed by atoms with Gasteiger partial charge in [-0.05, 0) is 44.3 Å². The van der Waals surface area contributed by atoms with Crippen LogP contribution in [0.4, 0.5) is 0 Å². The van der Waals surface area contributed by atoms with E-state index in [-0.39, 0.29) is 17.6 Å². The van der Waals surface area contributed by atoms with Crippen molar-refractivity contribution in [2.24, 2.45) is 5.41 Å². The summed E-state index contributed by atoms with van der Waals surface area (Å²) in [6.07, 6.45) is 2.71. The Bertz CT molecular complexity index is 662. The SMILES string of the molecule is CCOC1CC(O)C12CCN(Cc1noc(-c3ccsc3)n1)CC2. The average Bonchev–Trinajstić information content (AvgIpc) is 3.27. The van der Waals surface area contributed by atoms with Crippen LogP contribution >= 0.6 is 11.3 Å². The van der Waals surface area contributed by atoms with Crippen molar-refractivity contribution in [2.75, 3.05) is 19.7 Å². The monoisotopic (exact) mass is 349 g/mol. The van der Waals surface area contributed by atoms with Crippen molar-refractivity contribution < 1.29 is 14.4 Å². The van der Waals surface area contributed by atoms with Gasteiger partial charge in [-0.15, -0.1) is 0 Å². The van der Waals surface area contributed by atoms with Crippen LogP contribution in [-0.4, -0.2) is 52.1 Å². The quantitative estimate of drug-likeness (QED) is 0.894. The fourth-order valence-corrected chi connectivity index (χ4v) is 4.60. The fourth-order valence-electron chi connectivity index (χ4n) is 3.97. The van der Waals surface area contributed by atoms with Gasteiger partial charge in [0.1, 0.15) is 0 Å². The molecule has 1 spiro atoms. The smallest absolute Gasteiger partial charge is 0.258 e. The summed E-state index contributed by atoms with van der Waals surface area (Å²) in [4.78, 5) is 6.82. The van der Waals surface area contributed by atoms with Crippen molar-refractivity contribution in [1.29, 1.82) is 0 Å². The largest absolute Gasteiger partial charge is 0.392 e. The van der Waals surface area contributed by atoms with Crippen molar-refractivity contribution in [3.05, 3.63) is 22.7 Å². The van der Waals surface area contributed by atoms with Crippen LogP contribution in [0.5, 0.6) is 0 Å². The zero-order chi connectivity index (χ0) is 16.6. The number of nitrogens with zero attached hydrogens (tertiary/aromatic N) is 3. The van der Waals surface area contributed by atoms with Gasteiger partial charge in [-0.2, -0.15) is 16.3 Å². The molecule has 7 heteroatoms. The van der Waals surface area contributed by atoms with Crippen LogP contribution in [0.3, 0.4) is 0 Å². The van der Waals surface area contributed by atoms with Crippen LogP contribution in [-0.2, 0) is 11.3 Å². The highest BCUT2D eigenvalue weighted by molar-refractivity contribution is 7.08. The number of aromatic nitrogens is 2. The van der Waals surface area contributed by atoms with Crippen molar-refractivity contribution in [1.82, 2.24) is 15.0 Å². The van der Waals surface area contributed by atoms with Gasteiger partial charge in [0.25, 0.3) is 5.89 Å². The second kappa shape index (κ2) is 6.55. The van der Waals surface area contributed by atoms with Crippen LogP contribution < -0.4 is 0 Å². The molecule has 2 aromatic heterocycles. The Hall–Kier alpha value is -1.28. The third-order valence-corrected chi connectivity index (χ3v) is 6.18. The molecule has 2 unspecified atom stereocenters. The van der Waals surface area contributed by atoms with Crippen LogP contribution in [0, 0.1) is 5.41 Å². The molecule has 0 bridgehead atoms. The molecule has 2 aliphatic rings. The summed E-state index contributed by atoms with van der Waals surface area (Å²) in [5, 5.41) is 18.4. The van der Waals surface area contributed by atoms with Crippen molar-refractivity contribution >= 4 is 11.3 Å². The predicted octanol–water partition coefficient (Wildman–Crippen LogP) is 2.55. The molecule has 2 aromatic rings. The molecule has 0 amide bonds. The number of aliphatic hydroxyl groups excluding tert-OH is 1. The van der Waals surface area contributed by atoms with E-state index >= 15 is 0 Å². The first-order valence-corrected chi connectivity index (χ1v) is 9.53. The summed E-state index contributed by atoms with van der Waals surface area (Å²) in [5.41, 5.74) is 0.944. The summed E-state index contributed by atoms with van der Waals surface area (Å²) >= 11 is 1.62. The van der Waals surface area contributed by atoms with Gasteiger partial charge in [0.05, 0.1) is 24.3 Å². The van der Waals surface area contributed by atoms with E-state index < -0.39 is 0 Å². The molecule has 1 saturated carbocycles. The molecule has 4 rings (SSSR count). The third-order valence-electron chi connectivity index (χ3n) is 5.50. The molecular weight excluding hydrogens is 326 g/mol. The molecule has 24 heavy (non-hydrogen) atoms. The van der Waals surface area contributed by atoms with E-state index in [2.05, 4.69) is 15.0 Å². The number of rotatable bonds is 5. The number of aliphatic hydroxyl groups is 1. The van der Waals surface area contributed by atoms with Crippen molar-refractivity contribution in [2.45, 2.75) is 44.9 Å². The van der Waals surface area contributed by atoms with Crippen molar-refractivity contribution in [3.63, 3.8) is 0 Å². The standard InChI is InChI=1S/C17H23N3O3S/c1-2-22-14-9-13(21)17(14)4-6-20(7-5-17)10-15-18-16(23-19-15)12-3-8-24-11-12/h3,8,11,13-14,21H,2,4-7,9-10H2,1H3. The van der Waals surface area contributed by atoms with Gasteiger partial charge in [-0.25, -0.2) is 0 Å². The highest BCUT2D eigenvalue weighted by Gasteiger charge is 2.55. The number of likely N-dealkylation sites (tertiary alicyclic amines) is 1. The van der Waals surface area contributed by atoms with Gasteiger partial charge in [0.2, 0.25) is 0 Å². The predicted molar refractivity (Wildman–Crippen MR) is 90.6 cm³/mol. The second-order valence-corrected chi connectivity index (χ2v) is 7.51. The van der Waals surface area contributed by atoms with E-state index in [1.54, 1.807) is 11.3 Å². The Kier molecular flexibility index (Phi) is 4.42. The number of hydrogen-bond acceptors (Lipinski definition) is 7. The van der Waals surface area contributed by atoms with E-state index in [0.29, 0.717) is 12.4 Å². The van der Waals surface area contributed by atoms with Crippen molar-refractivity contribution in [3.8, 4) is 11.5 Å². The van der Waals surface area contributed by atoms with E-state index in [1.165, 1.54) is 0 Å². The van der Waals surface area contributed by atoms with E-state index in [0.717, 1.165) is 50.3 Å². The van der Waals surface area contributed by atoms with E-state index in [9.17, 15) is 5.11 Å². The zero-order valence-corrected chi connectivity index (χ0v) is 14.7. The lowest BCUT2D eigenvalue weighted by atomic mass is 9.58. The van der Waals surface area contributed by atoms with Crippen LogP contribution in [0.1, 0.15) is 32.0 Å². The minimum Gasteiger partial charge on any atom is -0.392 e. The van der Waals surface area contributed by atoms with Gasteiger partial charge in [0, 0.05) is 23.8 Å². The maximum atomic E-state index is 10.3. The summed E-state index contributed by atoms with van der Waals surface area (Å²) in [6.45, 7) is 5.30. The summed E-state index contributed by atoms with van der Waals surface area (Å²) in [7, 11) is 0. The minimum absolute atomic E-state index is 0.0361. The van der Waals surface area contributed by atoms with Gasteiger partial charge in [0.15, 0.2) is 5.82 Å². The first kappa shape index (κ1) is 16.2. The van der Waals surface area contributed by atoms with Crippen LogP contribution in [0.25, 0.3) is 11.5 Å². The first-order chi connectivity index (χ1) is 11.7. The number of ether oxygens (including phenoxy) is 1. The Balaban J connectivity index is 1.35. The zero-order valence-electron chi connectivity index (χ0n) is 13.9. The van der Waals surface area contributed by atoms with Crippen LogP contribution in [0.15, 0.2) is 21.3 Å². The summed E-state index contributed by atoms with van der Waals surface area (Å²) in [6, 6.07) is 1.98. The molecule has 6 nitrogen and oxygen atoms in total. The molecule has 2 atom stereocenters. The van der Waals surface area contributed by atoms with Gasteiger partial charge in [-0.3, -0.25) is 4.90 Å². The molecule has 0 aromatic carbocycles. The maximum absolute atomic E-state index is 10.3. The highest BCUT2D eigenvalue weighted by Crippen LogP contribution is 2.51. The lowest BCUT2D eigenvalue weighted by Crippen LogP contribution is -2.62. The minimum atomic E-state index is -0.216. The molecule has 1 aliphatic carbocycles. The van der Waals surface area contributed by atoms with Gasteiger partial charge >= 0.3 is 0 Å². The van der Waals surface area contributed by atoms with Crippen LogP contribution in [0.2, 0.25) is 0 Å². The lowest BCUT2D eigenvalue weighted by Gasteiger charge is -2.56. The van der Waals surface area contributed by atoms with Gasteiger partial charge in [-0.1, -0.05) is 5.16 Å². The van der Waals surface area contributed by atoms with Gasteiger partial charge < -0.3 is 14.4 Å². The maximum Gasteiger partial charge on any atom is 0.258 e. The van der Waals surface area contributed by atoms with E-state index in [4.69, 9.17) is 9.26 Å². The Morgan fingerprint density at radius 3 is 2.96 bits per heavy atom. The Labute approximate surface area is 145 Å². The molecule has 3 heterocycles. The molecule has 1 N–H and O–H groups in total. The summed E-state index contributed by atoms with van der Waals surface area (Å²) in [5.74, 6) is 1.31. The number of thiophene rings is 1. The first-order valence-electron chi connectivity index (χ1n) is 8.58. The Morgan fingerprint density at radius 1 is 1.46 bits per heavy atom. The number of hydrogen-bond donors (Lipinski definition) is 1. The average molecular weight is 349 g/mol. The third kappa shape index (κ3) is 2.79. The molecule has 1 aliphatic heterocycles. The van der Waals surface area contributed by atoms with E-state index in [1.807, 2.05) is 23.8 Å². The second-order valence-electron chi connectivity index (χ2n) is 6.73. The molecular formula is C17H23N3O3S. The normalized spacial score (nSPS) is 26.6. The molecule has 0 radical (unpaired) electrons. The Morgan fingerprint density at radius 2 is 2.29 bits per heavy atom. The summed E-state index contributed by atoms with van der Waals surface area (Å²) < 4.78 is 11.2.